The van der Waals surface area contributed by atoms with Crippen molar-refractivity contribution >= 4 is 22.9 Å². The number of hydrogen-bond acceptors (Lipinski definition) is 3. The van der Waals surface area contributed by atoms with Crippen LogP contribution < -0.4 is 10.1 Å². The quantitative estimate of drug-likeness (QED) is 0.702. The van der Waals surface area contributed by atoms with Crippen LogP contribution in [0.4, 0.5) is 0 Å². The molecule has 1 aromatic heterocycles. The average molecular weight is 332 g/mol. The third-order valence-corrected chi connectivity index (χ3v) is 3.95. The molecule has 4 heteroatoms. The van der Waals surface area contributed by atoms with Crippen molar-refractivity contribution in [1.82, 2.24) is 10.3 Å². The lowest BCUT2D eigenvalue weighted by molar-refractivity contribution is -0.116. The third-order valence-electron chi connectivity index (χ3n) is 3.95. The topological polar surface area (TPSA) is 51.2 Å². The first-order valence-electron chi connectivity index (χ1n) is 8.19. The summed E-state index contributed by atoms with van der Waals surface area (Å²) < 4.78 is 5.11. The molecule has 0 atom stereocenters. The van der Waals surface area contributed by atoms with Gasteiger partial charge in [0.1, 0.15) is 5.75 Å². The maximum absolute atomic E-state index is 12.0. The van der Waals surface area contributed by atoms with Gasteiger partial charge in [0.2, 0.25) is 5.91 Å². The van der Waals surface area contributed by atoms with E-state index in [0.717, 1.165) is 34.2 Å². The van der Waals surface area contributed by atoms with Crippen LogP contribution >= 0.6 is 0 Å². The van der Waals surface area contributed by atoms with E-state index in [1.807, 2.05) is 48.5 Å². The summed E-state index contributed by atoms with van der Waals surface area (Å²) in [6.45, 7) is 0.571. The molecule has 0 radical (unpaired) electrons. The van der Waals surface area contributed by atoms with E-state index in [1.165, 1.54) is 0 Å². The van der Waals surface area contributed by atoms with Crippen LogP contribution in [0.1, 0.15) is 11.1 Å². The maximum atomic E-state index is 12.0. The molecule has 1 N–H and O–H groups in total. The second-order valence-electron chi connectivity index (χ2n) is 5.64. The van der Waals surface area contributed by atoms with E-state index in [1.54, 1.807) is 25.5 Å². The summed E-state index contributed by atoms with van der Waals surface area (Å²) in [4.78, 5) is 16.4. The van der Waals surface area contributed by atoms with Crippen molar-refractivity contribution in [2.45, 2.75) is 6.42 Å². The van der Waals surface area contributed by atoms with Crippen LogP contribution in [-0.4, -0.2) is 24.5 Å². The molecule has 25 heavy (non-hydrogen) atoms. The number of hydrogen-bond donors (Lipinski definition) is 1. The largest absolute Gasteiger partial charge is 0.497 e. The molecule has 0 aliphatic heterocycles. The molecule has 0 saturated heterocycles. The number of benzene rings is 2. The van der Waals surface area contributed by atoms with Crippen molar-refractivity contribution < 1.29 is 9.53 Å². The highest BCUT2D eigenvalue weighted by molar-refractivity contribution is 5.91. The molecule has 0 unspecified atom stereocenters. The van der Waals surface area contributed by atoms with Gasteiger partial charge in [0.25, 0.3) is 0 Å². The van der Waals surface area contributed by atoms with Crippen LogP contribution in [-0.2, 0) is 11.2 Å². The van der Waals surface area contributed by atoms with E-state index >= 15 is 0 Å². The Hall–Kier alpha value is -3.14. The van der Waals surface area contributed by atoms with E-state index in [-0.39, 0.29) is 5.91 Å². The molecule has 1 amide bonds. The first kappa shape index (κ1) is 16.7. The Balaban J connectivity index is 1.54. The van der Waals surface area contributed by atoms with Crippen molar-refractivity contribution in [3.8, 4) is 5.75 Å². The van der Waals surface area contributed by atoms with E-state index in [4.69, 9.17) is 4.74 Å². The lowest BCUT2D eigenvalue weighted by Crippen LogP contribution is -2.23. The van der Waals surface area contributed by atoms with Crippen LogP contribution in [0, 0.1) is 0 Å². The van der Waals surface area contributed by atoms with E-state index in [0.29, 0.717) is 6.54 Å². The summed E-state index contributed by atoms with van der Waals surface area (Å²) in [7, 11) is 1.63. The second kappa shape index (κ2) is 8.11. The molecule has 0 fully saturated rings. The van der Waals surface area contributed by atoms with E-state index < -0.39 is 0 Å². The Bertz CT molecular complexity index is 881. The minimum Gasteiger partial charge on any atom is -0.497 e. The fraction of sp³-hybridized carbons (Fsp3) is 0.143. The van der Waals surface area contributed by atoms with Gasteiger partial charge in [-0.25, -0.2) is 0 Å². The number of ether oxygens (including phenoxy) is 1. The van der Waals surface area contributed by atoms with Crippen molar-refractivity contribution in [2.24, 2.45) is 0 Å². The molecule has 1 heterocycles. The SMILES string of the molecule is COc1ccc(/C=C/C(=O)NCCc2cccc3cccnc23)cc1. The Morgan fingerprint density at radius 1 is 1.12 bits per heavy atom. The number of pyridine rings is 1. The van der Waals surface area contributed by atoms with E-state index in [2.05, 4.69) is 16.4 Å². The van der Waals surface area contributed by atoms with Crippen molar-refractivity contribution in [1.29, 1.82) is 0 Å². The zero-order valence-electron chi connectivity index (χ0n) is 14.1. The minimum atomic E-state index is -0.107. The van der Waals surface area contributed by atoms with Crippen molar-refractivity contribution in [3.63, 3.8) is 0 Å². The Labute approximate surface area is 147 Å². The van der Waals surface area contributed by atoms with Gasteiger partial charge < -0.3 is 10.1 Å². The van der Waals surface area contributed by atoms with Crippen LogP contribution in [0.5, 0.6) is 5.75 Å². The fourth-order valence-corrected chi connectivity index (χ4v) is 2.64. The number of carbonyl (C=O) groups excluding carboxylic acids is 1. The highest BCUT2D eigenvalue weighted by Crippen LogP contribution is 2.16. The van der Waals surface area contributed by atoms with E-state index in [9.17, 15) is 4.79 Å². The van der Waals surface area contributed by atoms with Crippen molar-refractivity contribution in [3.05, 3.63) is 78.0 Å². The molecule has 0 bridgehead atoms. The molecule has 2 aromatic carbocycles. The fourth-order valence-electron chi connectivity index (χ4n) is 2.64. The first-order chi connectivity index (χ1) is 12.3. The molecule has 3 rings (SSSR count). The molecule has 0 aliphatic carbocycles. The van der Waals surface area contributed by atoms with Gasteiger partial charge in [-0.2, -0.15) is 0 Å². The Morgan fingerprint density at radius 3 is 2.72 bits per heavy atom. The number of aromatic nitrogens is 1. The molecular formula is C21H20N2O2. The van der Waals surface area contributed by atoms with Crippen LogP contribution in [0.15, 0.2) is 66.9 Å². The normalized spacial score (nSPS) is 10.9. The summed E-state index contributed by atoms with van der Waals surface area (Å²) >= 11 is 0. The van der Waals surface area contributed by atoms with Crippen molar-refractivity contribution in [2.75, 3.05) is 13.7 Å². The predicted molar refractivity (Wildman–Crippen MR) is 100 cm³/mol. The lowest BCUT2D eigenvalue weighted by Gasteiger charge is -2.06. The first-order valence-corrected chi connectivity index (χ1v) is 8.19. The highest BCUT2D eigenvalue weighted by Gasteiger charge is 2.02. The number of nitrogens with one attached hydrogen (secondary N) is 1. The van der Waals surface area contributed by atoms with Gasteiger partial charge in [0.05, 0.1) is 12.6 Å². The molecule has 0 saturated carbocycles. The third kappa shape index (κ3) is 4.44. The standard InChI is InChI=1S/C21H20N2O2/c1-25-19-10-7-16(8-11-19)9-12-20(24)22-15-13-18-5-2-4-17-6-3-14-23-21(17)18/h2-12,14H,13,15H2,1H3,(H,22,24)/b12-9+. The van der Waals surface area contributed by atoms with Gasteiger partial charge in [-0.05, 0) is 41.8 Å². The monoisotopic (exact) mass is 332 g/mol. The van der Waals surface area contributed by atoms with Gasteiger partial charge in [0, 0.05) is 24.2 Å². The molecule has 4 nitrogen and oxygen atoms in total. The number of nitrogens with zero attached hydrogens (tertiary/aromatic N) is 1. The summed E-state index contributed by atoms with van der Waals surface area (Å²) in [5.41, 5.74) is 3.08. The average Bonchev–Trinajstić information content (AvgIpc) is 2.67. The number of fused-ring (bicyclic) bond motifs is 1. The minimum absolute atomic E-state index is 0.107. The Morgan fingerprint density at radius 2 is 1.92 bits per heavy atom. The van der Waals surface area contributed by atoms with Crippen LogP contribution in [0.3, 0.4) is 0 Å². The molecule has 0 spiro atoms. The number of carbonyl (C=O) groups is 1. The summed E-state index contributed by atoms with van der Waals surface area (Å²) in [5.74, 6) is 0.689. The van der Waals surface area contributed by atoms with Gasteiger partial charge >= 0.3 is 0 Å². The van der Waals surface area contributed by atoms with Crippen LogP contribution in [0.2, 0.25) is 0 Å². The molecule has 126 valence electrons. The highest BCUT2D eigenvalue weighted by atomic mass is 16.5. The predicted octanol–water partition coefficient (Wildman–Crippen LogP) is 3.62. The zero-order valence-corrected chi connectivity index (χ0v) is 14.1. The number of methoxy groups -OCH3 is 1. The summed E-state index contributed by atoms with van der Waals surface area (Å²) in [6.07, 6.45) is 5.87. The zero-order chi connectivity index (χ0) is 17.5. The van der Waals surface area contributed by atoms with Gasteiger partial charge in [-0.15, -0.1) is 0 Å². The maximum Gasteiger partial charge on any atom is 0.244 e. The van der Waals surface area contributed by atoms with Gasteiger partial charge in [-0.1, -0.05) is 36.4 Å². The second-order valence-corrected chi connectivity index (χ2v) is 5.64. The molecular weight excluding hydrogens is 312 g/mol. The summed E-state index contributed by atoms with van der Waals surface area (Å²) in [5, 5.41) is 4.03. The Kier molecular flexibility index (Phi) is 5.42. The smallest absolute Gasteiger partial charge is 0.244 e. The lowest BCUT2D eigenvalue weighted by atomic mass is 10.1. The molecule has 0 aliphatic rings. The number of para-hydroxylation sites is 1. The summed E-state index contributed by atoms with van der Waals surface area (Å²) in [6, 6.07) is 17.6. The number of amides is 1. The molecule has 3 aromatic rings. The van der Waals surface area contributed by atoms with Gasteiger partial charge in [-0.3, -0.25) is 9.78 Å². The van der Waals surface area contributed by atoms with Crippen LogP contribution in [0.25, 0.3) is 17.0 Å². The number of rotatable bonds is 6. The van der Waals surface area contributed by atoms with Gasteiger partial charge in [0.15, 0.2) is 0 Å².